The lowest BCUT2D eigenvalue weighted by atomic mass is 10.0. The highest BCUT2D eigenvalue weighted by molar-refractivity contribution is 7.99. The van der Waals surface area contributed by atoms with Crippen LogP contribution in [-0.4, -0.2) is 26.3 Å². The van der Waals surface area contributed by atoms with Gasteiger partial charge in [-0.2, -0.15) is 0 Å². The van der Waals surface area contributed by atoms with Crippen LogP contribution in [0.2, 0.25) is 0 Å². The number of nitrogens with zero attached hydrogens (tertiary/aromatic N) is 3. The van der Waals surface area contributed by atoms with Crippen molar-refractivity contribution in [3.05, 3.63) is 88.3 Å². The minimum Gasteiger partial charge on any atom is -0.297 e. The van der Waals surface area contributed by atoms with E-state index in [0.29, 0.717) is 12.3 Å². The second-order valence-electron chi connectivity index (χ2n) is 6.89. The second kappa shape index (κ2) is 8.76. The molecule has 0 aliphatic heterocycles. The van der Waals surface area contributed by atoms with Gasteiger partial charge in [0.25, 0.3) is 0 Å². The zero-order chi connectivity index (χ0) is 20.2. The number of hydrogen-bond acceptors (Lipinski definition) is 5. The van der Waals surface area contributed by atoms with Crippen LogP contribution in [0.4, 0.5) is 0 Å². The van der Waals surface area contributed by atoms with E-state index in [4.69, 9.17) is 0 Å². The Hall–Kier alpha value is -2.70. The highest BCUT2D eigenvalue weighted by Crippen LogP contribution is 2.28. The Kier molecular flexibility index (Phi) is 5.92. The molecule has 4 aromatic rings. The molecule has 0 saturated heterocycles. The lowest BCUT2D eigenvalue weighted by molar-refractivity contribution is 0.102. The zero-order valence-electron chi connectivity index (χ0n) is 16.3. The summed E-state index contributed by atoms with van der Waals surface area (Å²) in [4.78, 5) is 13.9. The average Bonchev–Trinajstić information content (AvgIpc) is 3.39. The van der Waals surface area contributed by atoms with E-state index >= 15 is 0 Å². The van der Waals surface area contributed by atoms with Crippen molar-refractivity contribution in [2.45, 2.75) is 25.5 Å². The molecule has 4 nitrogen and oxygen atoms in total. The van der Waals surface area contributed by atoms with Gasteiger partial charge in [0.1, 0.15) is 0 Å². The number of carbonyl (C=O) groups excluding carboxylic acids is 1. The van der Waals surface area contributed by atoms with Gasteiger partial charge in [-0.25, -0.2) is 0 Å². The first-order valence-electron chi connectivity index (χ1n) is 9.36. The van der Waals surface area contributed by atoms with Gasteiger partial charge in [0.2, 0.25) is 0 Å². The molecule has 0 bridgehead atoms. The average molecular weight is 420 g/mol. The molecular weight excluding hydrogens is 398 g/mol. The molecule has 0 unspecified atom stereocenters. The van der Waals surface area contributed by atoms with Gasteiger partial charge in [-0.3, -0.25) is 9.36 Å². The van der Waals surface area contributed by atoms with Crippen molar-refractivity contribution in [2.24, 2.45) is 0 Å². The number of rotatable bonds is 7. The Bertz CT molecular complexity index is 1120. The van der Waals surface area contributed by atoms with Crippen LogP contribution in [0.15, 0.2) is 71.2 Å². The number of benzene rings is 2. The van der Waals surface area contributed by atoms with Crippen LogP contribution in [-0.2, 0) is 6.54 Å². The van der Waals surface area contributed by atoms with E-state index in [-0.39, 0.29) is 5.78 Å². The largest absolute Gasteiger partial charge is 0.297 e. The summed E-state index contributed by atoms with van der Waals surface area (Å²) < 4.78 is 2.10. The summed E-state index contributed by atoms with van der Waals surface area (Å²) in [7, 11) is 0. The number of Topliss-reactive ketones (excluding diaryl/α,β-unsaturated/α-hetero) is 1. The van der Waals surface area contributed by atoms with Gasteiger partial charge in [0.05, 0.1) is 17.2 Å². The maximum absolute atomic E-state index is 12.8. The summed E-state index contributed by atoms with van der Waals surface area (Å²) in [5.74, 6) is 1.29. The van der Waals surface area contributed by atoms with E-state index in [1.807, 2.05) is 67.8 Å². The Balaban J connectivity index is 1.60. The minimum atomic E-state index is 0.114. The predicted octanol–water partition coefficient (Wildman–Crippen LogP) is 5.65. The number of thiophene rings is 1. The lowest BCUT2D eigenvalue weighted by Crippen LogP contribution is -2.08. The third-order valence-corrected chi connectivity index (χ3v) is 6.50. The molecule has 0 atom stereocenters. The van der Waals surface area contributed by atoms with Crippen molar-refractivity contribution >= 4 is 28.9 Å². The Morgan fingerprint density at radius 1 is 1.03 bits per heavy atom. The lowest BCUT2D eigenvalue weighted by Gasteiger charge is -2.10. The first kappa shape index (κ1) is 19.6. The summed E-state index contributed by atoms with van der Waals surface area (Å²) in [6, 6.07) is 20.3. The SMILES string of the molecule is Cc1ccc(C)c(C(=O)CSc2nnc(-c3cccs3)n2Cc2ccccc2)c1. The summed E-state index contributed by atoms with van der Waals surface area (Å²) in [6.07, 6.45) is 0. The molecule has 2 aromatic heterocycles. The van der Waals surface area contributed by atoms with Crippen molar-refractivity contribution < 1.29 is 4.79 Å². The van der Waals surface area contributed by atoms with Crippen molar-refractivity contribution in [3.8, 4) is 10.7 Å². The van der Waals surface area contributed by atoms with Crippen LogP contribution in [0.3, 0.4) is 0 Å². The third kappa shape index (κ3) is 4.49. The molecule has 4 rings (SSSR count). The molecule has 146 valence electrons. The van der Waals surface area contributed by atoms with Gasteiger partial charge >= 0.3 is 0 Å². The van der Waals surface area contributed by atoms with Gasteiger partial charge in [0.15, 0.2) is 16.8 Å². The predicted molar refractivity (Wildman–Crippen MR) is 120 cm³/mol. The van der Waals surface area contributed by atoms with Crippen LogP contribution < -0.4 is 0 Å². The molecule has 29 heavy (non-hydrogen) atoms. The van der Waals surface area contributed by atoms with Gasteiger partial charge in [0, 0.05) is 5.56 Å². The van der Waals surface area contributed by atoms with E-state index in [1.54, 1.807) is 11.3 Å². The number of ketones is 1. The fourth-order valence-electron chi connectivity index (χ4n) is 3.14. The summed E-state index contributed by atoms with van der Waals surface area (Å²) >= 11 is 3.09. The van der Waals surface area contributed by atoms with E-state index in [1.165, 1.54) is 17.3 Å². The fourth-order valence-corrected chi connectivity index (χ4v) is 4.67. The zero-order valence-corrected chi connectivity index (χ0v) is 18.0. The first-order chi connectivity index (χ1) is 14.1. The Labute approximate surface area is 178 Å². The summed E-state index contributed by atoms with van der Waals surface area (Å²) in [5, 5.41) is 11.6. The summed E-state index contributed by atoms with van der Waals surface area (Å²) in [5.41, 5.74) is 4.06. The van der Waals surface area contributed by atoms with E-state index in [9.17, 15) is 4.79 Å². The maximum atomic E-state index is 12.8. The van der Waals surface area contributed by atoms with Gasteiger partial charge < -0.3 is 0 Å². The molecule has 0 aliphatic carbocycles. The van der Waals surface area contributed by atoms with Crippen LogP contribution in [0.25, 0.3) is 10.7 Å². The molecule has 2 heterocycles. The van der Waals surface area contributed by atoms with Gasteiger partial charge in [-0.1, -0.05) is 65.9 Å². The second-order valence-corrected chi connectivity index (χ2v) is 8.78. The van der Waals surface area contributed by atoms with Crippen molar-refractivity contribution in [1.82, 2.24) is 14.8 Å². The van der Waals surface area contributed by atoms with E-state index < -0.39 is 0 Å². The highest BCUT2D eigenvalue weighted by Gasteiger charge is 2.18. The minimum absolute atomic E-state index is 0.114. The maximum Gasteiger partial charge on any atom is 0.192 e. The molecule has 0 fully saturated rings. The number of carbonyl (C=O) groups is 1. The smallest absolute Gasteiger partial charge is 0.192 e. The highest BCUT2D eigenvalue weighted by atomic mass is 32.2. The molecule has 0 aliphatic rings. The Morgan fingerprint density at radius 2 is 1.86 bits per heavy atom. The fraction of sp³-hybridized carbons (Fsp3) is 0.174. The molecule has 0 amide bonds. The van der Waals surface area contributed by atoms with Gasteiger partial charge in [-0.15, -0.1) is 21.5 Å². The van der Waals surface area contributed by atoms with Gasteiger partial charge in [-0.05, 0) is 42.5 Å². The van der Waals surface area contributed by atoms with Crippen LogP contribution in [0, 0.1) is 13.8 Å². The molecule has 0 N–H and O–H groups in total. The summed E-state index contributed by atoms with van der Waals surface area (Å²) in [6.45, 7) is 4.65. The number of aryl methyl sites for hydroxylation is 2. The number of hydrogen-bond donors (Lipinski definition) is 0. The van der Waals surface area contributed by atoms with Crippen LogP contribution in [0.5, 0.6) is 0 Å². The van der Waals surface area contributed by atoms with Crippen molar-refractivity contribution in [1.29, 1.82) is 0 Å². The third-order valence-electron chi connectivity index (χ3n) is 4.67. The van der Waals surface area contributed by atoms with E-state index in [0.717, 1.165) is 32.5 Å². The topological polar surface area (TPSA) is 47.8 Å². The van der Waals surface area contributed by atoms with E-state index in [2.05, 4.69) is 26.9 Å². The van der Waals surface area contributed by atoms with Crippen LogP contribution in [0.1, 0.15) is 27.0 Å². The molecule has 6 heteroatoms. The molecule has 0 spiro atoms. The van der Waals surface area contributed by atoms with Crippen molar-refractivity contribution in [2.75, 3.05) is 5.75 Å². The first-order valence-corrected chi connectivity index (χ1v) is 11.2. The standard InChI is InChI=1S/C23H21N3OS2/c1-16-10-11-17(2)19(13-16)20(27)15-29-23-25-24-22(21-9-6-12-28-21)26(23)14-18-7-4-3-5-8-18/h3-13H,14-15H2,1-2H3. The molecule has 0 saturated carbocycles. The molecule has 0 radical (unpaired) electrons. The quantitative estimate of drug-likeness (QED) is 0.287. The van der Waals surface area contributed by atoms with Crippen LogP contribution >= 0.6 is 23.1 Å². The Morgan fingerprint density at radius 3 is 2.62 bits per heavy atom. The molecule has 2 aromatic carbocycles. The monoisotopic (exact) mass is 419 g/mol. The number of aromatic nitrogens is 3. The normalized spacial score (nSPS) is 11.0. The number of thioether (sulfide) groups is 1. The molecular formula is C23H21N3OS2. The van der Waals surface area contributed by atoms with Crippen molar-refractivity contribution in [3.63, 3.8) is 0 Å².